The third kappa shape index (κ3) is 3.65. The molecular formula is C17H21NO4. The molecule has 2 atom stereocenters. The number of carbonyl (C=O) groups excluding carboxylic acids is 1. The molecule has 0 unspecified atom stereocenters. The molecule has 0 saturated heterocycles. The number of rotatable bonds is 7. The molecule has 0 amide bonds. The second-order valence-electron chi connectivity index (χ2n) is 5.62. The fraction of sp³-hybridized carbons (Fsp3) is 0.529. The van der Waals surface area contributed by atoms with E-state index in [-0.39, 0.29) is 18.6 Å². The van der Waals surface area contributed by atoms with Gasteiger partial charge in [-0.3, -0.25) is 0 Å². The van der Waals surface area contributed by atoms with Crippen LogP contribution in [0.4, 0.5) is 0 Å². The van der Waals surface area contributed by atoms with Crippen LogP contribution in [0.3, 0.4) is 0 Å². The van der Waals surface area contributed by atoms with Crippen LogP contribution in [0, 0.1) is 5.92 Å². The lowest BCUT2D eigenvalue weighted by atomic mass is 10.1. The Bertz CT molecular complexity index is 539. The van der Waals surface area contributed by atoms with Crippen molar-refractivity contribution in [3.8, 4) is 0 Å². The second-order valence-corrected chi connectivity index (χ2v) is 5.62. The van der Waals surface area contributed by atoms with Gasteiger partial charge in [0.25, 0.3) is 0 Å². The fourth-order valence-electron chi connectivity index (χ4n) is 2.58. The van der Waals surface area contributed by atoms with Crippen molar-refractivity contribution >= 4 is 11.9 Å². The summed E-state index contributed by atoms with van der Waals surface area (Å²) in [6, 6.07) is 9.83. The summed E-state index contributed by atoms with van der Waals surface area (Å²) in [5.74, 6) is 0.633. The lowest BCUT2D eigenvalue weighted by Crippen LogP contribution is -2.34. The Hall–Kier alpha value is -1.88. The lowest BCUT2D eigenvalue weighted by molar-refractivity contribution is -0.152. The van der Waals surface area contributed by atoms with E-state index in [1.54, 1.807) is 6.92 Å². The largest absolute Gasteiger partial charge is 0.463 e. The number of benzene rings is 1. The Morgan fingerprint density at radius 3 is 2.73 bits per heavy atom. The van der Waals surface area contributed by atoms with Gasteiger partial charge < -0.3 is 14.2 Å². The highest BCUT2D eigenvalue weighted by Crippen LogP contribution is 2.39. The van der Waals surface area contributed by atoms with E-state index in [4.69, 9.17) is 14.2 Å². The number of esters is 1. The molecule has 0 spiro atoms. The molecule has 0 N–H and O–H groups in total. The van der Waals surface area contributed by atoms with Crippen LogP contribution >= 0.6 is 0 Å². The van der Waals surface area contributed by atoms with Crippen LogP contribution in [-0.4, -0.2) is 37.2 Å². The maximum absolute atomic E-state index is 12.0. The minimum Gasteiger partial charge on any atom is -0.463 e. The number of hydrogen-bond donors (Lipinski definition) is 0. The summed E-state index contributed by atoms with van der Waals surface area (Å²) in [6.07, 6.45) is 1.61. The Morgan fingerprint density at radius 1 is 1.27 bits per heavy atom. The fourth-order valence-corrected chi connectivity index (χ4v) is 2.58. The highest BCUT2D eigenvalue weighted by Gasteiger charge is 2.46. The first-order chi connectivity index (χ1) is 10.8. The van der Waals surface area contributed by atoms with Gasteiger partial charge in [0.1, 0.15) is 12.6 Å². The molecule has 1 heterocycles. The average molecular weight is 303 g/mol. The van der Waals surface area contributed by atoms with Crippen LogP contribution in [0.25, 0.3) is 0 Å². The van der Waals surface area contributed by atoms with Gasteiger partial charge in [0.05, 0.1) is 13.2 Å². The van der Waals surface area contributed by atoms with Crippen LogP contribution in [0.1, 0.15) is 25.3 Å². The summed E-state index contributed by atoms with van der Waals surface area (Å²) in [5.41, 5.74) is 1.10. The van der Waals surface area contributed by atoms with Gasteiger partial charge in [0, 0.05) is 0 Å². The number of nitrogens with zero attached hydrogens (tertiary/aromatic N) is 1. The zero-order valence-electron chi connectivity index (χ0n) is 12.7. The van der Waals surface area contributed by atoms with Crippen LogP contribution in [0.5, 0.6) is 0 Å². The van der Waals surface area contributed by atoms with E-state index in [2.05, 4.69) is 4.99 Å². The molecule has 5 heteroatoms. The number of ether oxygens (including phenoxy) is 3. The Balaban J connectivity index is 1.53. The smallest absolute Gasteiger partial charge is 0.349 e. The summed E-state index contributed by atoms with van der Waals surface area (Å²) in [4.78, 5) is 16.5. The van der Waals surface area contributed by atoms with Crippen LogP contribution in [0.15, 0.2) is 35.3 Å². The first-order valence-corrected chi connectivity index (χ1v) is 7.79. The third-order valence-corrected chi connectivity index (χ3v) is 3.83. The first-order valence-electron chi connectivity index (χ1n) is 7.79. The normalized spacial score (nSPS) is 23.8. The molecule has 3 rings (SSSR count). The predicted octanol–water partition coefficient (Wildman–Crippen LogP) is 2.34. The molecule has 22 heavy (non-hydrogen) atoms. The standard InChI is InChI=1S/C17H21NO4/c1-2-21-17(19)16-15(13-8-9-13)18-14(22-16)11-20-10-12-6-4-3-5-7-12/h3-7,13,15-16H,2,8-11H2,1H3/t15-,16+/m0/s1. The molecule has 1 fully saturated rings. The molecule has 2 aliphatic rings. The minimum absolute atomic E-state index is 0.102. The zero-order valence-corrected chi connectivity index (χ0v) is 12.7. The van der Waals surface area contributed by atoms with Crippen molar-refractivity contribution in [2.75, 3.05) is 13.2 Å². The van der Waals surface area contributed by atoms with E-state index in [1.807, 2.05) is 30.3 Å². The van der Waals surface area contributed by atoms with E-state index < -0.39 is 6.10 Å². The van der Waals surface area contributed by atoms with Crippen molar-refractivity contribution in [1.29, 1.82) is 0 Å². The van der Waals surface area contributed by atoms with E-state index in [9.17, 15) is 4.79 Å². The van der Waals surface area contributed by atoms with Gasteiger partial charge in [-0.2, -0.15) is 0 Å². The third-order valence-electron chi connectivity index (χ3n) is 3.83. The molecule has 1 aliphatic heterocycles. The van der Waals surface area contributed by atoms with Crippen molar-refractivity contribution in [3.63, 3.8) is 0 Å². The second kappa shape index (κ2) is 6.92. The van der Waals surface area contributed by atoms with Crippen LogP contribution in [0.2, 0.25) is 0 Å². The van der Waals surface area contributed by atoms with Crippen molar-refractivity contribution in [3.05, 3.63) is 35.9 Å². The summed E-state index contributed by atoms with van der Waals surface area (Å²) in [7, 11) is 0. The molecule has 1 aliphatic carbocycles. The lowest BCUT2D eigenvalue weighted by Gasteiger charge is -2.15. The van der Waals surface area contributed by atoms with E-state index in [1.165, 1.54) is 0 Å². The maximum Gasteiger partial charge on any atom is 0.349 e. The monoisotopic (exact) mass is 303 g/mol. The molecule has 0 radical (unpaired) electrons. The van der Waals surface area contributed by atoms with Gasteiger partial charge in [0.2, 0.25) is 12.0 Å². The molecule has 0 bridgehead atoms. The maximum atomic E-state index is 12.0. The number of hydrogen-bond acceptors (Lipinski definition) is 5. The first kappa shape index (κ1) is 15.0. The van der Waals surface area contributed by atoms with Gasteiger partial charge in [0.15, 0.2) is 0 Å². The average Bonchev–Trinajstić information content (AvgIpc) is 3.29. The summed E-state index contributed by atoms with van der Waals surface area (Å²) in [5, 5.41) is 0. The van der Waals surface area contributed by atoms with Gasteiger partial charge in [-0.05, 0) is 31.2 Å². The minimum atomic E-state index is -0.595. The molecule has 1 saturated carbocycles. The molecule has 5 nitrogen and oxygen atoms in total. The van der Waals surface area contributed by atoms with Crippen molar-refractivity contribution in [1.82, 2.24) is 0 Å². The molecule has 1 aromatic carbocycles. The quantitative estimate of drug-likeness (QED) is 0.726. The van der Waals surface area contributed by atoms with Gasteiger partial charge >= 0.3 is 5.97 Å². The van der Waals surface area contributed by atoms with E-state index >= 15 is 0 Å². The SMILES string of the molecule is CCOC(=O)[C@@H]1OC(COCc2ccccc2)=N[C@H]1C1CC1. The van der Waals surface area contributed by atoms with Gasteiger partial charge in [-0.1, -0.05) is 30.3 Å². The number of carbonyl (C=O) groups is 1. The van der Waals surface area contributed by atoms with Gasteiger partial charge in [-0.15, -0.1) is 0 Å². The Labute approximate surface area is 130 Å². The highest BCUT2D eigenvalue weighted by atomic mass is 16.6. The molecular weight excluding hydrogens is 282 g/mol. The van der Waals surface area contributed by atoms with Crippen molar-refractivity contribution in [2.24, 2.45) is 10.9 Å². The van der Waals surface area contributed by atoms with Crippen LogP contribution < -0.4 is 0 Å². The topological polar surface area (TPSA) is 57.1 Å². The van der Waals surface area contributed by atoms with E-state index in [0.717, 1.165) is 18.4 Å². The summed E-state index contributed by atoms with van der Waals surface area (Å²) < 4.78 is 16.4. The molecule has 1 aromatic rings. The van der Waals surface area contributed by atoms with E-state index in [0.29, 0.717) is 25.0 Å². The Kier molecular flexibility index (Phi) is 4.73. The predicted molar refractivity (Wildman–Crippen MR) is 81.6 cm³/mol. The molecule has 118 valence electrons. The number of aliphatic imine (C=N–C) groups is 1. The van der Waals surface area contributed by atoms with Crippen molar-refractivity contribution in [2.45, 2.75) is 38.5 Å². The Morgan fingerprint density at radius 2 is 2.05 bits per heavy atom. The van der Waals surface area contributed by atoms with Gasteiger partial charge in [-0.25, -0.2) is 9.79 Å². The summed E-state index contributed by atoms with van der Waals surface area (Å²) >= 11 is 0. The van der Waals surface area contributed by atoms with Crippen LogP contribution in [-0.2, 0) is 25.6 Å². The highest BCUT2D eigenvalue weighted by molar-refractivity contribution is 5.86. The zero-order chi connectivity index (χ0) is 15.4. The summed E-state index contributed by atoms with van der Waals surface area (Å²) in [6.45, 7) is 2.94. The van der Waals surface area contributed by atoms with Crippen molar-refractivity contribution < 1.29 is 19.0 Å². The molecule has 0 aromatic heterocycles.